The van der Waals surface area contributed by atoms with Gasteiger partial charge in [0, 0.05) is 5.56 Å². The number of rotatable bonds is 2. The Morgan fingerprint density at radius 3 is 2.43 bits per heavy atom. The first-order valence-corrected chi connectivity index (χ1v) is 3.99. The Labute approximate surface area is 80.9 Å². The van der Waals surface area contributed by atoms with E-state index in [-0.39, 0.29) is 5.69 Å². The Balaban J connectivity index is 3.45. The maximum Gasteiger partial charge on any atom is 0.358 e. The summed E-state index contributed by atoms with van der Waals surface area (Å²) in [5, 5.41) is 9.49. The van der Waals surface area contributed by atoms with Crippen LogP contribution in [0.3, 0.4) is 0 Å². The van der Waals surface area contributed by atoms with Crippen molar-refractivity contribution < 1.29 is 19.5 Å². The molecule has 1 heterocycles. The molecule has 76 valence electrons. The van der Waals surface area contributed by atoms with E-state index in [4.69, 9.17) is 0 Å². The number of hydrogen-bond donors (Lipinski definition) is 1. The lowest BCUT2D eigenvalue weighted by molar-refractivity contribution is 0.0544. The zero-order chi connectivity index (χ0) is 10.9. The van der Waals surface area contributed by atoms with Crippen molar-refractivity contribution in [1.82, 2.24) is 4.73 Å². The monoisotopic (exact) mass is 197 g/mol. The number of aldehydes is 1. The highest BCUT2D eigenvalue weighted by atomic mass is 16.5. The van der Waals surface area contributed by atoms with Crippen molar-refractivity contribution in [2.45, 2.75) is 13.8 Å². The van der Waals surface area contributed by atoms with Gasteiger partial charge in [0.05, 0.1) is 12.8 Å². The molecular formula is C9H11NO4. The second kappa shape index (κ2) is 3.53. The SMILES string of the molecule is COC(=O)c1c(C)c(C=O)c(C)n1O. The molecule has 0 aliphatic rings. The number of carbonyl (C=O) groups excluding carboxylic acids is 2. The normalized spacial score (nSPS) is 9.93. The quantitative estimate of drug-likeness (QED) is 0.435. The molecule has 0 spiro atoms. The van der Waals surface area contributed by atoms with Crippen LogP contribution in [0.2, 0.25) is 0 Å². The summed E-state index contributed by atoms with van der Waals surface area (Å²) in [6, 6.07) is 0. The van der Waals surface area contributed by atoms with E-state index in [9.17, 15) is 14.8 Å². The van der Waals surface area contributed by atoms with Gasteiger partial charge in [-0.05, 0) is 19.4 Å². The van der Waals surface area contributed by atoms with Crippen LogP contribution in [0.1, 0.15) is 32.1 Å². The second-order valence-corrected chi connectivity index (χ2v) is 2.89. The molecule has 0 atom stereocenters. The van der Waals surface area contributed by atoms with Crippen LogP contribution in [0.15, 0.2) is 0 Å². The van der Waals surface area contributed by atoms with Crippen LogP contribution in [0.4, 0.5) is 0 Å². The van der Waals surface area contributed by atoms with Crippen LogP contribution in [-0.4, -0.2) is 29.3 Å². The van der Waals surface area contributed by atoms with E-state index < -0.39 is 5.97 Å². The molecule has 0 aliphatic carbocycles. The fourth-order valence-corrected chi connectivity index (χ4v) is 1.35. The van der Waals surface area contributed by atoms with Gasteiger partial charge >= 0.3 is 5.97 Å². The number of ether oxygens (including phenoxy) is 1. The topological polar surface area (TPSA) is 68.5 Å². The number of carbonyl (C=O) groups is 2. The van der Waals surface area contributed by atoms with E-state index in [0.29, 0.717) is 27.8 Å². The molecule has 0 amide bonds. The Bertz CT molecular complexity index is 392. The van der Waals surface area contributed by atoms with Crippen LogP contribution in [0.25, 0.3) is 0 Å². The van der Waals surface area contributed by atoms with Crippen molar-refractivity contribution in [3.63, 3.8) is 0 Å². The zero-order valence-electron chi connectivity index (χ0n) is 8.20. The van der Waals surface area contributed by atoms with Gasteiger partial charge in [0.25, 0.3) is 0 Å². The summed E-state index contributed by atoms with van der Waals surface area (Å²) in [7, 11) is 1.21. The number of esters is 1. The summed E-state index contributed by atoms with van der Waals surface area (Å²) in [6.07, 6.45) is 0.601. The summed E-state index contributed by atoms with van der Waals surface area (Å²) in [6.45, 7) is 3.12. The average molecular weight is 197 g/mol. The molecule has 1 aromatic heterocycles. The van der Waals surface area contributed by atoms with E-state index in [1.165, 1.54) is 7.11 Å². The lowest BCUT2D eigenvalue weighted by Gasteiger charge is -2.01. The second-order valence-electron chi connectivity index (χ2n) is 2.89. The first-order valence-electron chi connectivity index (χ1n) is 3.99. The van der Waals surface area contributed by atoms with Crippen molar-refractivity contribution in [1.29, 1.82) is 0 Å². The molecule has 0 unspecified atom stereocenters. The maximum atomic E-state index is 11.2. The van der Waals surface area contributed by atoms with Crippen LogP contribution >= 0.6 is 0 Å². The summed E-state index contributed by atoms with van der Waals surface area (Å²) in [5.74, 6) is -0.666. The van der Waals surface area contributed by atoms with Crippen molar-refractivity contribution in [2.75, 3.05) is 7.11 Å². The average Bonchev–Trinajstić information content (AvgIpc) is 2.38. The Morgan fingerprint density at radius 1 is 1.50 bits per heavy atom. The van der Waals surface area contributed by atoms with Gasteiger partial charge < -0.3 is 9.94 Å². The molecular weight excluding hydrogens is 186 g/mol. The summed E-state index contributed by atoms with van der Waals surface area (Å²) >= 11 is 0. The molecule has 1 N–H and O–H groups in total. The van der Waals surface area contributed by atoms with Crippen LogP contribution in [-0.2, 0) is 4.74 Å². The van der Waals surface area contributed by atoms with Crippen molar-refractivity contribution in [3.05, 3.63) is 22.5 Å². The van der Waals surface area contributed by atoms with E-state index in [0.717, 1.165) is 0 Å². The standard InChI is InChI=1S/C9H11NO4/c1-5-7(4-11)6(2)10(13)8(5)9(12)14-3/h4,13H,1-3H3. The third-order valence-electron chi connectivity index (χ3n) is 2.18. The predicted octanol–water partition coefficient (Wildman–Crippen LogP) is 0.941. The Hall–Kier alpha value is -1.78. The zero-order valence-corrected chi connectivity index (χ0v) is 8.20. The molecule has 0 bridgehead atoms. The van der Waals surface area contributed by atoms with E-state index in [2.05, 4.69) is 4.74 Å². The molecule has 14 heavy (non-hydrogen) atoms. The van der Waals surface area contributed by atoms with Gasteiger partial charge in [-0.25, -0.2) is 4.79 Å². The summed E-state index contributed by atoms with van der Waals surface area (Å²) in [5.41, 5.74) is 1.06. The first kappa shape index (κ1) is 10.3. The van der Waals surface area contributed by atoms with E-state index >= 15 is 0 Å². The lowest BCUT2D eigenvalue weighted by atomic mass is 10.1. The summed E-state index contributed by atoms with van der Waals surface area (Å²) in [4.78, 5) is 21.9. The molecule has 1 rings (SSSR count). The fraction of sp³-hybridized carbons (Fsp3) is 0.333. The molecule has 0 saturated carbocycles. The molecule has 0 aromatic carbocycles. The summed E-state index contributed by atoms with van der Waals surface area (Å²) < 4.78 is 5.15. The molecule has 5 nitrogen and oxygen atoms in total. The fourth-order valence-electron chi connectivity index (χ4n) is 1.35. The van der Waals surface area contributed by atoms with Gasteiger partial charge in [-0.15, -0.1) is 0 Å². The van der Waals surface area contributed by atoms with Gasteiger partial charge in [0.1, 0.15) is 0 Å². The largest absolute Gasteiger partial charge is 0.464 e. The highest BCUT2D eigenvalue weighted by Gasteiger charge is 2.22. The molecule has 0 saturated heterocycles. The Kier molecular flexibility index (Phi) is 2.60. The molecule has 0 aliphatic heterocycles. The van der Waals surface area contributed by atoms with Gasteiger partial charge in [0.15, 0.2) is 12.0 Å². The highest BCUT2D eigenvalue weighted by Crippen LogP contribution is 2.19. The van der Waals surface area contributed by atoms with Crippen LogP contribution in [0, 0.1) is 13.8 Å². The number of hydrogen-bond acceptors (Lipinski definition) is 4. The molecule has 0 fully saturated rings. The Morgan fingerprint density at radius 2 is 2.07 bits per heavy atom. The number of nitrogens with zero attached hydrogens (tertiary/aromatic N) is 1. The molecule has 1 aromatic rings. The molecule has 0 radical (unpaired) electrons. The van der Waals surface area contributed by atoms with Gasteiger partial charge in [-0.1, -0.05) is 0 Å². The number of aromatic nitrogens is 1. The minimum Gasteiger partial charge on any atom is -0.464 e. The third-order valence-corrected chi connectivity index (χ3v) is 2.18. The van der Waals surface area contributed by atoms with Gasteiger partial charge in [0.2, 0.25) is 0 Å². The minimum atomic E-state index is -0.666. The molecule has 5 heteroatoms. The van der Waals surface area contributed by atoms with Crippen LogP contribution < -0.4 is 0 Å². The lowest BCUT2D eigenvalue weighted by Crippen LogP contribution is -2.10. The minimum absolute atomic E-state index is 0.00731. The van der Waals surface area contributed by atoms with Crippen LogP contribution in [0.5, 0.6) is 0 Å². The van der Waals surface area contributed by atoms with Crippen molar-refractivity contribution in [3.8, 4) is 0 Å². The predicted molar refractivity (Wildman–Crippen MR) is 47.8 cm³/mol. The van der Waals surface area contributed by atoms with Crippen molar-refractivity contribution >= 4 is 12.3 Å². The van der Waals surface area contributed by atoms with Crippen molar-refractivity contribution in [2.24, 2.45) is 0 Å². The first-order chi connectivity index (χ1) is 6.54. The highest BCUT2D eigenvalue weighted by molar-refractivity contribution is 5.93. The third kappa shape index (κ3) is 1.26. The van der Waals surface area contributed by atoms with Gasteiger partial charge in [-0.2, -0.15) is 4.73 Å². The van der Waals surface area contributed by atoms with E-state index in [1.54, 1.807) is 13.8 Å². The number of methoxy groups -OCH3 is 1. The smallest absolute Gasteiger partial charge is 0.358 e. The maximum absolute atomic E-state index is 11.2. The van der Waals surface area contributed by atoms with Gasteiger partial charge in [-0.3, -0.25) is 4.79 Å². The van der Waals surface area contributed by atoms with E-state index in [1.807, 2.05) is 0 Å².